The highest BCUT2D eigenvalue weighted by Gasteiger charge is 2.22. The van der Waals surface area contributed by atoms with Crippen LogP contribution in [-0.2, 0) is 17.8 Å². The summed E-state index contributed by atoms with van der Waals surface area (Å²) in [4.78, 5) is 31.7. The lowest BCUT2D eigenvalue weighted by Crippen LogP contribution is -2.24. The molecular weight excluding hydrogens is 450 g/mol. The first-order chi connectivity index (χ1) is 16.4. The molecule has 1 fully saturated rings. The Morgan fingerprint density at radius 1 is 1.24 bits per heavy atom. The fraction of sp³-hybridized carbons (Fsp3) is 0.346. The topological polar surface area (TPSA) is 75.3 Å². The normalized spacial score (nSPS) is 15.8. The maximum atomic E-state index is 13.2. The molecule has 0 spiro atoms. The molecule has 4 heterocycles. The van der Waals surface area contributed by atoms with Crippen LogP contribution in [-0.4, -0.2) is 39.7 Å². The van der Waals surface area contributed by atoms with Gasteiger partial charge in [0.05, 0.1) is 31.6 Å². The van der Waals surface area contributed by atoms with Crippen molar-refractivity contribution in [3.05, 3.63) is 70.0 Å². The largest absolute Gasteiger partial charge is 0.497 e. The van der Waals surface area contributed by atoms with Crippen LogP contribution in [0, 0.1) is 13.8 Å². The maximum absolute atomic E-state index is 13.2. The molecule has 1 aromatic carbocycles. The van der Waals surface area contributed by atoms with Gasteiger partial charge in [-0.3, -0.25) is 14.2 Å². The molecule has 1 aliphatic heterocycles. The lowest BCUT2D eigenvalue weighted by molar-refractivity contribution is 0.0948. The van der Waals surface area contributed by atoms with E-state index in [0.717, 1.165) is 53.6 Å². The number of ether oxygens (including phenoxy) is 2. The maximum Gasteiger partial charge on any atom is 0.271 e. The van der Waals surface area contributed by atoms with Crippen molar-refractivity contribution in [1.82, 2.24) is 14.1 Å². The molecule has 7 nitrogen and oxygen atoms in total. The van der Waals surface area contributed by atoms with Crippen molar-refractivity contribution in [2.45, 2.75) is 45.9 Å². The molecule has 4 aromatic rings. The van der Waals surface area contributed by atoms with E-state index in [1.54, 1.807) is 7.11 Å². The first kappa shape index (κ1) is 22.6. The number of aromatic nitrogens is 3. The second kappa shape index (κ2) is 9.19. The number of ketones is 1. The SMILES string of the molecule is COc1ccc(-c2cc3ncn(CC(=O)c4cc(C)n(C[C@H]5CCCO5)c4C)c(=O)c3s2)cc1. The van der Waals surface area contributed by atoms with E-state index in [1.165, 1.54) is 22.2 Å². The van der Waals surface area contributed by atoms with Crippen molar-refractivity contribution in [1.29, 1.82) is 0 Å². The number of Topliss-reactive ketones (excluding diaryl/α,β-unsaturated/α-hetero) is 1. The molecule has 5 rings (SSSR count). The van der Waals surface area contributed by atoms with Gasteiger partial charge in [-0.1, -0.05) is 0 Å². The Hall–Kier alpha value is -3.23. The summed E-state index contributed by atoms with van der Waals surface area (Å²) in [5, 5.41) is 0. The fourth-order valence-electron chi connectivity index (χ4n) is 4.55. The Labute approximate surface area is 201 Å². The summed E-state index contributed by atoms with van der Waals surface area (Å²) in [6, 6.07) is 11.5. The van der Waals surface area contributed by atoms with Crippen molar-refractivity contribution in [2.24, 2.45) is 0 Å². The number of fused-ring (bicyclic) bond motifs is 1. The molecule has 0 radical (unpaired) electrons. The van der Waals surface area contributed by atoms with Gasteiger partial charge in [-0.05, 0) is 68.7 Å². The minimum atomic E-state index is -0.198. The van der Waals surface area contributed by atoms with Gasteiger partial charge in [0.15, 0.2) is 5.78 Å². The number of hydrogen-bond donors (Lipinski definition) is 0. The zero-order valence-corrected chi connectivity index (χ0v) is 20.4. The van der Waals surface area contributed by atoms with Gasteiger partial charge in [0, 0.05) is 35.0 Å². The Morgan fingerprint density at radius 2 is 2.03 bits per heavy atom. The molecule has 1 aliphatic rings. The van der Waals surface area contributed by atoms with Gasteiger partial charge in [-0.2, -0.15) is 0 Å². The van der Waals surface area contributed by atoms with Crippen LogP contribution in [0.4, 0.5) is 0 Å². The number of aryl methyl sites for hydroxylation is 1. The van der Waals surface area contributed by atoms with E-state index in [9.17, 15) is 9.59 Å². The Bertz CT molecular complexity index is 1410. The van der Waals surface area contributed by atoms with Crippen molar-refractivity contribution in [3.63, 3.8) is 0 Å². The first-order valence-electron chi connectivity index (χ1n) is 11.4. The van der Waals surface area contributed by atoms with E-state index in [1.807, 2.05) is 50.2 Å². The third-order valence-electron chi connectivity index (χ3n) is 6.48. The highest BCUT2D eigenvalue weighted by Crippen LogP contribution is 2.31. The van der Waals surface area contributed by atoms with Gasteiger partial charge < -0.3 is 14.0 Å². The molecule has 0 N–H and O–H groups in total. The standard InChI is InChI=1S/C26H27N3O4S/c1-16-11-21(17(2)29(16)13-20-5-4-10-33-20)23(30)14-28-15-27-22-12-24(34-25(22)26(28)31)18-6-8-19(32-3)9-7-18/h6-9,11-12,15,20H,4-5,10,13-14H2,1-3H3/t20-/m1/s1. The molecule has 0 unspecified atom stereocenters. The van der Waals surface area contributed by atoms with Gasteiger partial charge in [0.1, 0.15) is 10.4 Å². The third kappa shape index (κ3) is 4.19. The second-order valence-electron chi connectivity index (χ2n) is 8.68. The minimum absolute atomic E-state index is 0.0399. The molecule has 8 heteroatoms. The summed E-state index contributed by atoms with van der Waals surface area (Å²) in [5.74, 6) is 0.681. The Balaban J connectivity index is 1.40. The molecule has 3 aromatic heterocycles. The summed E-state index contributed by atoms with van der Waals surface area (Å²) < 4.78 is 15.1. The van der Waals surface area contributed by atoms with Crippen LogP contribution >= 0.6 is 11.3 Å². The lowest BCUT2D eigenvalue weighted by atomic mass is 10.1. The van der Waals surface area contributed by atoms with Crippen molar-refractivity contribution < 1.29 is 14.3 Å². The summed E-state index contributed by atoms with van der Waals surface area (Å²) in [5.41, 5.74) is 4.02. The number of hydrogen-bond acceptors (Lipinski definition) is 6. The highest BCUT2D eigenvalue weighted by molar-refractivity contribution is 7.22. The lowest BCUT2D eigenvalue weighted by Gasteiger charge is -2.14. The summed E-state index contributed by atoms with van der Waals surface area (Å²) >= 11 is 1.39. The molecule has 1 atom stereocenters. The van der Waals surface area contributed by atoms with Crippen LogP contribution in [0.15, 0.2) is 47.5 Å². The van der Waals surface area contributed by atoms with Crippen LogP contribution in [0.5, 0.6) is 5.75 Å². The predicted molar refractivity (Wildman–Crippen MR) is 133 cm³/mol. The molecule has 0 bridgehead atoms. The van der Waals surface area contributed by atoms with Gasteiger partial charge in [-0.25, -0.2) is 4.98 Å². The quantitative estimate of drug-likeness (QED) is 0.363. The number of carbonyl (C=O) groups excluding carboxylic acids is 1. The first-order valence-corrected chi connectivity index (χ1v) is 12.2. The predicted octanol–water partition coefficient (Wildman–Crippen LogP) is 4.61. The highest BCUT2D eigenvalue weighted by atomic mass is 32.1. The molecular formula is C26H27N3O4S. The van der Waals surface area contributed by atoms with Crippen LogP contribution in [0.25, 0.3) is 20.7 Å². The molecule has 0 saturated carbocycles. The van der Waals surface area contributed by atoms with Crippen LogP contribution in [0.2, 0.25) is 0 Å². The molecule has 1 saturated heterocycles. The van der Waals surface area contributed by atoms with Crippen LogP contribution in [0.3, 0.4) is 0 Å². The fourth-order valence-corrected chi connectivity index (χ4v) is 5.62. The Morgan fingerprint density at radius 3 is 2.74 bits per heavy atom. The average Bonchev–Trinajstić information content (AvgIpc) is 3.58. The van der Waals surface area contributed by atoms with Crippen LogP contribution < -0.4 is 10.3 Å². The van der Waals surface area contributed by atoms with Gasteiger partial charge >= 0.3 is 0 Å². The van der Waals surface area contributed by atoms with Crippen LogP contribution in [0.1, 0.15) is 34.6 Å². The second-order valence-corrected chi connectivity index (χ2v) is 9.74. The monoisotopic (exact) mass is 477 g/mol. The molecule has 0 aliphatic carbocycles. The number of thiophene rings is 1. The number of nitrogens with zero attached hydrogens (tertiary/aromatic N) is 3. The molecule has 34 heavy (non-hydrogen) atoms. The van der Waals surface area contributed by atoms with Gasteiger partial charge in [0.25, 0.3) is 5.56 Å². The molecule has 0 amide bonds. The van der Waals surface area contributed by atoms with E-state index in [0.29, 0.717) is 15.8 Å². The van der Waals surface area contributed by atoms with E-state index < -0.39 is 0 Å². The van der Waals surface area contributed by atoms with E-state index in [4.69, 9.17) is 9.47 Å². The van der Waals surface area contributed by atoms with E-state index in [2.05, 4.69) is 9.55 Å². The number of carbonyl (C=O) groups is 1. The summed E-state index contributed by atoms with van der Waals surface area (Å²) in [7, 11) is 1.63. The summed E-state index contributed by atoms with van der Waals surface area (Å²) in [6.45, 7) is 5.48. The Kier molecular flexibility index (Phi) is 6.10. The zero-order valence-electron chi connectivity index (χ0n) is 19.5. The summed E-state index contributed by atoms with van der Waals surface area (Å²) in [6.07, 6.45) is 3.79. The smallest absolute Gasteiger partial charge is 0.271 e. The van der Waals surface area contributed by atoms with E-state index in [-0.39, 0.29) is 24.0 Å². The third-order valence-corrected chi connectivity index (χ3v) is 7.64. The number of methoxy groups -OCH3 is 1. The number of rotatable bonds is 7. The minimum Gasteiger partial charge on any atom is -0.497 e. The van der Waals surface area contributed by atoms with Crippen molar-refractivity contribution in [3.8, 4) is 16.2 Å². The number of benzene rings is 1. The van der Waals surface area contributed by atoms with Crippen molar-refractivity contribution >= 4 is 27.3 Å². The van der Waals surface area contributed by atoms with Gasteiger partial charge in [0.2, 0.25) is 0 Å². The van der Waals surface area contributed by atoms with E-state index >= 15 is 0 Å². The van der Waals surface area contributed by atoms with Crippen molar-refractivity contribution in [2.75, 3.05) is 13.7 Å². The average molecular weight is 478 g/mol. The van der Waals surface area contributed by atoms with Gasteiger partial charge in [-0.15, -0.1) is 11.3 Å². The zero-order chi connectivity index (χ0) is 23.8. The molecule has 176 valence electrons.